The molecular formula is C15H22N2O3. The van der Waals surface area contributed by atoms with Crippen molar-refractivity contribution in [3.63, 3.8) is 0 Å². The van der Waals surface area contributed by atoms with Crippen molar-refractivity contribution in [2.45, 2.75) is 63.3 Å². The Morgan fingerprint density at radius 3 is 2.45 bits per heavy atom. The Kier molecular flexibility index (Phi) is 2.81. The number of hydrogen-bond donors (Lipinski definition) is 1. The number of nitrogens with zero attached hydrogens (tertiary/aromatic N) is 1. The first-order chi connectivity index (χ1) is 9.66. The summed E-state index contributed by atoms with van der Waals surface area (Å²) in [6.07, 6.45) is 5.57. The molecule has 2 heterocycles. The van der Waals surface area contributed by atoms with Crippen LogP contribution in [0.25, 0.3) is 0 Å². The summed E-state index contributed by atoms with van der Waals surface area (Å²) < 4.78 is 5.86. The molecule has 2 aliphatic heterocycles. The topological polar surface area (TPSA) is 58.6 Å². The lowest BCUT2D eigenvalue weighted by Gasteiger charge is -2.42. The highest BCUT2D eigenvalue weighted by Crippen LogP contribution is 2.42. The minimum absolute atomic E-state index is 0.00273. The lowest BCUT2D eigenvalue weighted by Crippen LogP contribution is -2.66. The molecule has 0 bridgehead atoms. The Labute approximate surface area is 119 Å². The zero-order valence-corrected chi connectivity index (χ0v) is 11.9. The molecule has 2 amide bonds. The van der Waals surface area contributed by atoms with Crippen LogP contribution in [0, 0.1) is 11.8 Å². The second-order valence-electron chi connectivity index (χ2n) is 6.77. The van der Waals surface area contributed by atoms with E-state index in [0.717, 1.165) is 25.9 Å². The molecule has 5 nitrogen and oxygen atoms in total. The van der Waals surface area contributed by atoms with Gasteiger partial charge in [0.25, 0.3) is 0 Å². The molecule has 1 N–H and O–H groups in total. The molecule has 110 valence electrons. The summed E-state index contributed by atoms with van der Waals surface area (Å²) in [5.41, 5.74) is 0. The van der Waals surface area contributed by atoms with Gasteiger partial charge in [0, 0.05) is 6.61 Å². The van der Waals surface area contributed by atoms with Gasteiger partial charge in [0.15, 0.2) is 0 Å². The normalized spacial score (nSPS) is 42.0. The maximum absolute atomic E-state index is 12.8. The Morgan fingerprint density at radius 1 is 1.10 bits per heavy atom. The van der Waals surface area contributed by atoms with Crippen LogP contribution >= 0.6 is 0 Å². The van der Waals surface area contributed by atoms with E-state index in [0.29, 0.717) is 11.8 Å². The smallest absolute Gasteiger partial charge is 0.246 e. The molecule has 2 saturated carbocycles. The average molecular weight is 278 g/mol. The van der Waals surface area contributed by atoms with Crippen molar-refractivity contribution < 1.29 is 14.3 Å². The van der Waals surface area contributed by atoms with Gasteiger partial charge in [-0.05, 0) is 50.9 Å². The zero-order valence-electron chi connectivity index (χ0n) is 11.9. The van der Waals surface area contributed by atoms with Gasteiger partial charge in [-0.25, -0.2) is 0 Å². The van der Waals surface area contributed by atoms with Crippen molar-refractivity contribution in [2.75, 3.05) is 6.61 Å². The molecule has 0 spiro atoms. The summed E-state index contributed by atoms with van der Waals surface area (Å²) in [6.45, 7) is 2.57. The third-order valence-electron chi connectivity index (χ3n) is 5.26. The van der Waals surface area contributed by atoms with Crippen LogP contribution in [0.5, 0.6) is 0 Å². The van der Waals surface area contributed by atoms with Gasteiger partial charge in [-0.1, -0.05) is 0 Å². The number of nitrogens with one attached hydrogen (secondary N) is 1. The standard InChI is InChI=1S/C15H22N2O3/c1-8-14(18)16-12(9-2-3-9)15(19)17(8)11-6-7-20-13(11)10-4-5-10/h8-13H,2-7H2,1H3,(H,16,18). The van der Waals surface area contributed by atoms with E-state index >= 15 is 0 Å². The minimum Gasteiger partial charge on any atom is -0.376 e. The van der Waals surface area contributed by atoms with Gasteiger partial charge in [-0.15, -0.1) is 0 Å². The number of carbonyl (C=O) groups excluding carboxylic acids is 2. The lowest BCUT2D eigenvalue weighted by atomic mass is 9.97. The molecule has 0 aromatic heterocycles. The van der Waals surface area contributed by atoms with Crippen molar-refractivity contribution in [3.8, 4) is 0 Å². The van der Waals surface area contributed by atoms with Gasteiger partial charge in [-0.3, -0.25) is 9.59 Å². The van der Waals surface area contributed by atoms with E-state index in [9.17, 15) is 9.59 Å². The van der Waals surface area contributed by atoms with Crippen LogP contribution < -0.4 is 5.32 Å². The van der Waals surface area contributed by atoms with E-state index in [1.165, 1.54) is 12.8 Å². The Hall–Kier alpha value is -1.10. The first-order valence-electron chi connectivity index (χ1n) is 7.91. The number of hydrogen-bond acceptors (Lipinski definition) is 3. The second kappa shape index (κ2) is 4.45. The van der Waals surface area contributed by atoms with E-state index in [1.54, 1.807) is 0 Å². The van der Waals surface area contributed by atoms with E-state index < -0.39 is 0 Å². The van der Waals surface area contributed by atoms with Crippen LogP contribution in [0.3, 0.4) is 0 Å². The third-order valence-corrected chi connectivity index (χ3v) is 5.26. The van der Waals surface area contributed by atoms with Crippen molar-refractivity contribution in [2.24, 2.45) is 11.8 Å². The van der Waals surface area contributed by atoms with Gasteiger partial charge in [0.1, 0.15) is 12.1 Å². The molecule has 0 aromatic carbocycles. The molecule has 4 rings (SSSR count). The Bertz CT molecular complexity index is 444. The molecule has 0 aromatic rings. The van der Waals surface area contributed by atoms with Crippen LogP contribution in [-0.4, -0.2) is 47.6 Å². The van der Waals surface area contributed by atoms with E-state index in [4.69, 9.17) is 4.74 Å². The number of rotatable bonds is 3. The van der Waals surface area contributed by atoms with Gasteiger partial charge < -0.3 is 15.0 Å². The van der Waals surface area contributed by atoms with E-state index in [2.05, 4.69) is 5.32 Å². The highest BCUT2D eigenvalue weighted by Gasteiger charge is 2.52. The zero-order chi connectivity index (χ0) is 13.9. The van der Waals surface area contributed by atoms with E-state index in [-0.39, 0.29) is 36.0 Å². The minimum atomic E-state index is -0.356. The number of amides is 2. The van der Waals surface area contributed by atoms with Crippen LogP contribution in [0.2, 0.25) is 0 Å². The summed E-state index contributed by atoms with van der Waals surface area (Å²) >= 11 is 0. The fraction of sp³-hybridized carbons (Fsp3) is 0.867. The Balaban J connectivity index is 1.59. The molecular weight excluding hydrogens is 256 g/mol. The highest BCUT2D eigenvalue weighted by molar-refractivity contribution is 5.97. The van der Waals surface area contributed by atoms with Crippen LogP contribution in [0.1, 0.15) is 39.0 Å². The van der Waals surface area contributed by atoms with Crippen molar-refractivity contribution >= 4 is 11.8 Å². The van der Waals surface area contributed by atoms with Crippen LogP contribution in [0.4, 0.5) is 0 Å². The summed E-state index contributed by atoms with van der Waals surface area (Å²) in [5, 5.41) is 2.92. The lowest BCUT2D eigenvalue weighted by molar-refractivity contribution is -0.153. The second-order valence-corrected chi connectivity index (χ2v) is 6.77. The van der Waals surface area contributed by atoms with E-state index in [1.807, 2.05) is 11.8 Å². The van der Waals surface area contributed by atoms with Crippen molar-refractivity contribution in [1.29, 1.82) is 0 Å². The number of piperazine rings is 1. The maximum atomic E-state index is 12.8. The molecule has 4 aliphatic rings. The summed E-state index contributed by atoms with van der Waals surface area (Å²) in [6, 6.07) is -0.526. The summed E-state index contributed by atoms with van der Waals surface area (Å²) in [4.78, 5) is 26.8. The molecule has 20 heavy (non-hydrogen) atoms. The molecule has 4 fully saturated rings. The average Bonchev–Trinajstić information content (AvgIpc) is 3.34. The Morgan fingerprint density at radius 2 is 1.80 bits per heavy atom. The van der Waals surface area contributed by atoms with Crippen molar-refractivity contribution in [3.05, 3.63) is 0 Å². The summed E-state index contributed by atoms with van der Waals surface area (Å²) in [7, 11) is 0. The highest BCUT2D eigenvalue weighted by atomic mass is 16.5. The maximum Gasteiger partial charge on any atom is 0.246 e. The molecule has 5 heteroatoms. The molecule has 4 atom stereocenters. The van der Waals surface area contributed by atoms with Gasteiger partial charge >= 0.3 is 0 Å². The molecule has 4 unspecified atom stereocenters. The predicted octanol–water partition coefficient (Wildman–Crippen LogP) is 0.679. The van der Waals surface area contributed by atoms with Gasteiger partial charge in [0.05, 0.1) is 12.1 Å². The van der Waals surface area contributed by atoms with Gasteiger partial charge in [-0.2, -0.15) is 0 Å². The summed E-state index contributed by atoms with van der Waals surface area (Å²) in [5.74, 6) is 1.10. The predicted molar refractivity (Wildman–Crippen MR) is 71.8 cm³/mol. The SMILES string of the molecule is CC1C(=O)NC(C2CC2)C(=O)N1C1CCOC1C1CC1. The first kappa shape index (κ1) is 12.6. The quantitative estimate of drug-likeness (QED) is 0.826. The van der Waals surface area contributed by atoms with Crippen molar-refractivity contribution in [1.82, 2.24) is 10.2 Å². The number of carbonyl (C=O) groups is 2. The first-order valence-corrected chi connectivity index (χ1v) is 7.91. The van der Waals surface area contributed by atoms with Gasteiger partial charge in [0.2, 0.25) is 11.8 Å². The monoisotopic (exact) mass is 278 g/mol. The fourth-order valence-electron chi connectivity index (χ4n) is 3.79. The third kappa shape index (κ3) is 1.94. The number of ether oxygens (including phenoxy) is 1. The largest absolute Gasteiger partial charge is 0.376 e. The van der Waals surface area contributed by atoms with Crippen LogP contribution in [0.15, 0.2) is 0 Å². The van der Waals surface area contributed by atoms with Crippen LogP contribution in [-0.2, 0) is 14.3 Å². The molecule has 2 aliphatic carbocycles. The fourth-order valence-corrected chi connectivity index (χ4v) is 3.79. The molecule has 2 saturated heterocycles. The molecule has 0 radical (unpaired) electrons.